The molecule has 0 aliphatic carbocycles. The Morgan fingerprint density at radius 2 is 1.90 bits per heavy atom. The average molecular weight is 290 g/mol. The Kier molecular flexibility index (Phi) is 4.56. The Morgan fingerprint density at radius 1 is 1.15 bits per heavy atom. The third-order valence-corrected chi connectivity index (χ3v) is 3.90. The number of benzene rings is 2. The number of anilines is 1. The Balaban J connectivity index is 2.30. The highest BCUT2D eigenvalue weighted by Gasteiger charge is 2.13. The normalized spacial score (nSPS) is 12.1. The summed E-state index contributed by atoms with van der Waals surface area (Å²) in [6.45, 7) is 6.22. The summed E-state index contributed by atoms with van der Waals surface area (Å²) in [7, 11) is 1.70. The standard InChI is InChI=1S/C17H20ClNO/c1-11-8-9-17(20-4)14(10-11)13(3)19-16-7-5-6-15(18)12(16)2/h5-10,13,19H,1-4H3. The summed E-state index contributed by atoms with van der Waals surface area (Å²) in [5.41, 5.74) is 4.48. The van der Waals surface area contributed by atoms with Crippen molar-refractivity contribution in [2.45, 2.75) is 26.8 Å². The lowest BCUT2D eigenvalue weighted by Gasteiger charge is -2.20. The van der Waals surface area contributed by atoms with Crippen molar-refractivity contribution in [1.29, 1.82) is 0 Å². The first-order valence-corrected chi connectivity index (χ1v) is 7.07. The van der Waals surface area contributed by atoms with Crippen LogP contribution in [0.15, 0.2) is 36.4 Å². The predicted molar refractivity (Wildman–Crippen MR) is 86.0 cm³/mol. The highest BCUT2D eigenvalue weighted by atomic mass is 35.5. The second kappa shape index (κ2) is 6.19. The minimum absolute atomic E-state index is 0.141. The zero-order valence-corrected chi connectivity index (χ0v) is 13.1. The molecule has 1 atom stereocenters. The number of hydrogen-bond donors (Lipinski definition) is 1. The molecule has 2 nitrogen and oxygen atoms in total. The molecule has 0 heterocycles. The van der Waals surface area contributed by atoms with E-state index in [1.54, 1.807) is 7.11 Å². The smallest absolute Gasteiger partial charge is 0.124 e. The van der Waals surface area contributed by atoms with E-state index in [2.05, 4.69) is 31.3 Å². The van der Waals surface area contributed by atoms with E-state index in [1.807, 2.05) is 31.2 Å². The highest BCUT2D eigenvalue weighted by Crippen LogP contribution is 2.31. The fourth-order valence-electron chi connectivity index (χ4n) is 2.27. The fraction of sp³-hybridized carbons (Fsp3) is 0.294. The lowest BCUT2D eigenvalue weighted by molar-refractivity contribution is 0.408. The zero-order chi connectivity index (χ0) is 14.7. The molecule has 3 heteroatoms. The number of rotatable bonds is 4. The quantitative estimate of drug-likeness (QED) is 0.841. The van der Waals surface area contributed by atoms with Gasteiger partial charge >= 0.3 is 0 Å². The number of halogens is 1. The molecule has 2 aromatic rings. The average Bonchev–Trinajstić information content (AvgIpc) is 2.43. The summed E-state index contributed by atoms with van der Waals surface area (Å²) in [4.78, 5) is 0. The Morgan fingerprint density at radius 3 is 2.60 bits per heavy atom. The SMILES string of the molecule is COc1ccc(C)cc1C(C)Nc1cccc(Cl)c1C. The third kappa shape index (κ3) is 3.07. The van der Waals surface area contributed by atoms with Crippen LogP contribution in [0.2, 0.25) is 5.02 Å². The molecule has 0 spiro atoms. The Hall–Kier alpha value is -1.67. The molecule has 20 heavy (non-hydrogen) atoms. The molecule has 0 aliphatic heterocycles. The maximum atomic E-state index is 6.16. The van der Waals surface area contributed by atoms with Crippen LogP contribution < -0.4 is 10.1 Å². The van der Waals surface area contributed by atoms with Gasteiger partial charge in [0.2, 0.25) is 0 Å². The third-order valence-electron chi connectivity index (χ3n) is 3.49. The molecule has 1 N–H and O–H groups in total. The summed E-state index contributed by atoms with van der Waals surface area (Å²) < 4.78 is 5.45. The molecule has 1 unspecified atom stereocenters. The van der Waals surface area contributed by atoms with Crippen LogP contribution in [0.1, 0.15) is 29.7 Å². The molecule has 0 fully saturated rings. The molecule has 0 saturated heterocycles. The summed E-state index contributed by atoms with van der Waals surface area (Å²) >= 11 is 6.16. The molecule has 0 aromatic heterocycles. The highest BCUT2D eigenvalue weighted by molar-refractivity contribution is 6.31. The van der Waals surface area contributed by atoms with Crippen LogP contribution in [0, 0.1) is 13.8 Å². The number of ether oxygens (including phenoxy) is 1. The zero-order valence-electron chi connectivity index (χ0n) is 12.3. The van der Waals surface area contributed by atoms with Crippen molar-refractivity contribution in [2.75, 3.05) is 12.4 Å². The van der Waals surface area contributed by atoms with Crippen molar-refractivity contribution >= 4 is 17.3 Å². The first-order chi connectivity index (χ1) is 9.52. The van der Waals surface area contributed by atoms with Gasteiger partial charge in [0, 0.05) is 16.3 Å². The first-order valence-electron chi connectivity index (χ1n) is 6.69. The summed E-state index contributed by atoms with van der Waals surface area (Å²) in [6.07, 6.45) is 0. The number of hydrogen-bond acceptors (Lipinski definition) is 2. The molecule has 0 saturated carbocycles. The van der Waals surface area contributed by atoms with E-state index in [9.17, 15) is 0 Å². The van der Waals surface area contributed by atoms with E-state index in [4.69, 9.17) is 16.3 Å². The van der Waals surface area contributed by atoms with Crippen molar-refractivity contribution in [3.8, 4) is 5.75 Å². The van der Waals surface area contributed by atoms with Gasteiger partial charge in [-0.15, -0.1) is 0 Å². The molecule has 0 radical (unpaired) electrons. The number of aryl methyl sites for hydroxylation is 1. The van der Waals surface area contributed by atoms with Gasteiger partial charge in [-0.2, -0.15) is 0 Å². The molecule has 2 aromatic carbocycles. The van der Waals surface area contributed by atoms with Crippen molar-refractivity contribution < 1.29 is 4.74 Å². The molecule has 106 valence electrons. The Bertz CT molecular complexity index is 610. The van der Waals surface area contributed by atoms with E-state index >= 15 is 0 Å². The number of methoxy groups -OCH3 is 1. The van der Waals surface area contributed by atoms with Gasteiger partial charge in [0.05, 0.1) is 13.2 Å². The van der Waals surface area contributed by atoms with Gasteiger partial charge in [-0.05, 0) is 44.5 Å². The number of nitrogens with one attached hydrogen (secondary N) is 1. The van der Waals surface area contributed by atoms with Gasteiger partial charge in [0.25, 0.3) is 0 Å². The minimum atomic E-state index is 0.141. The monoisotopic (exact) mass is 289 g/mol. The summed E-state index contributed by atoms with van der Waals surface area (Å²) in [5, 5.41) is 4.28. The van der Waals surface area contributed by atoms with Crippen molar-refractivity contribution in [1.82, 2.24) is 0 Å². The van der Waals surface area contributed by atoms with Crippen molar-refractivity contribution in [3.05, 3.63) is 58.1 Å². The molecule has 0 amide bonds. The van der Waals surface area contributed by atoms with Crippen LogP contribution in [0.25, 0.3) is 0 Å². The van der Waals surface area contributed by atoms with E-state index in [-0.39, 0.29) is 6.04 Å². The van der Waals surface area contributed by atoms with Gasteiger partial charge in [-0.3, -0.25) is 0 Å². The van der Waals surface area contributed by atoms with Crippen LogP contribution >= 0.6 is 11.6 Å². The van der Waals surface area contributed by atoms with Crippen LogP contribution in [0.4, 0.5) is 5.69 Å². The van der Waals surface area contributed by atoms with Gasteiger partial charge < -0.3 is 10.1 Å². The summed E-state index contributed by atoms with van der Waals surface area (Å²) in [6, 6.07) is 12.3. The predicted octanol–water partition coefficient (Wildman–Crippen LogP) is 5.14. The molecule has 0 bridgehead atoms. The maximum absolute atomic E-state index is 6.16. The Labute approximate surface area is 125 Å². The van der Waals surface area contributed by atoms with Gasteiger partial charge in [-0.25, -0.2) is 0 Å². The second-order valence-electron chi connectivity index (χ2n) is 5.02. The van der Waals surface area contributed by atoms with Gasteiger partial charge in [-0.1, -0.05) is 35.4 Å². The molecular formula is C17H20ClNO. The van der Waals surface area contributed by atoms with Gasteiger partial charge in [0.15, 0.2) is 0 Å². The largest absolute Gasteiger partial charge is 0.496 e. The van der Waals surface area contributed by atoms with Crippen LogP contribution in [-0.2, 0) is 0 Å². The topological polar surface area (TPSA) is 21.3 Å². The van der Waals surface area contributed by atoms with Crippen LogP contribution in [0.3, 0.4) is 0 Å². The van der Waals surface area contributed by atoms with Crippen LogP contribution in [0.5, 0.6) is 5.75 Å². The maximum Gasteiger partial charge on any atom is 0.124 e. The first kappa shape index (κ1) is 14.7. The van der Waals surface area contributed by atoms with E-state index in [0.717, 1.165) is 27.6 Å². The summed E-state index contributed by atoms with van der Waals surface area (Å²) in [5.74, 6) is 0.898. The van der Waals surface area contributed by atoms with Crippen molar-refractivity contribution in [3.63, 3.8) is 0 Å². The second-order valence-corrected chi connectivity index (χ2v) is 5.43. The van der Waals surface area contributed by atoms with E-state index in [0.29, 0.717) is 0 Å². The van der Waals surface area contributed by atoms with E-state index in [1.165, 1.54) is 5.56 Å². The van der Waals surface area contributed by atoms with Crippen LogP contribution in [-0.4, -0.2) is 7.11 Å². The molecule has 0 aliphatic rings. The molecule has 2 rings (SSSR count). The molecular weight excluding hydrogens is 270 g/mol. The van der Waals surface area contributed by atoms with Crippen molar-refractivity contribution in [2.24, 2.45) is 0 Å². The lowest BCUT2D eigenvalue weighted by atomic mass is 10.0. The fourth-order valence-corrected chi connectivity index (χ4v) is 2.44. The van der Waals surface area contributed by atoms with E-state index < -0.39 is 0 Å². The van der Waals surface area contributed by atoms with Gasteiger partial charge in [0.1, 0.15) is 5.75 Å². The lowest BCUT2D eigenvalue weighted by Crippen LogP contribution is -2.09. The minimum Gasteiger partial charge on any atom is -0.496 e.